The van der Waals surface area contributed by atoms with Crippen LogP contribution in [0.4, 0.5) is 17.6 Å². The maximum Gasteiger partial charge on any atom is 0.416 e. The van der Waals surface area contributed by atoms with Crippen LogP contribution in [0.1, 0.15) is 11.1 Å². The molecule has 0 N–H and O–H groups in total. The maximum atomic E-state index is 12.8. The molecule has 0 fully saturated rings. The van der Waals surface area contributed by atoms with Crippen molar-refractivity contribution >= 4 is 0 Å². The zero-order chi connectivity index (χ0) is 13.3. The summed E-state index contributed by atoms with van der Waals surface area (Å²) in [6.45, 7) is 1.41. The summed E-state index contributed by atoms with van der Waals surface area (Å²) in [5.74, 6) is -0.373. The Balaban J connectivity index is 2.43. The molecule has 2 rings (SSSR count). The minimum Gasteiger partial charge on any atom is -0.207 e. The van der Waals surface area contributed by atoms with Crippen molar-refractivity contribution < 1.29 is 17.6 Å². The smallest absolute Gasteiger partial charge is 0.207 e. The summed E-state index contributed by atoms with van der Waals surface area (Å²) in [7, 11) is 0. The average molecular weight is 254 g/mol. The van der Waals surface area contributed by atoms with E-state index in [2.05, 4.69) is 0 Å². The SMILES string of the molecule is Cc1cc(-c2ccc(F)cc2)ccc1C(F)(F)F. The molecule has 0 unspecified atom stereocenters. The van der Waals surface area contributed by atoms with E-state index in [1.165, 1.54) is 43.3 Å². The number of halogens is 4. The van der Waals surface area contributed by atoms with Gasteiger partial charge in [0.15, 0.2) is 0 Å². The summed E-state index contributed by atoms with van der Waals surface area (Å²) < 4.78 is 50.5. The molecule has 2 aromatic carbocycles. The Labute approximate surface area is 102 Å². The third-order valence-electron chi connectivity index (χ3n) is 2.71. The third-order valence-corrected chi connectivity index (χ3v) is 2.71. The number of alkyl halides is 3. The minimum absolute atomic E-state index is 0.157. The highest BCUT2D eigenvalue weighted by molar-refractivity contribution is 5.64. The van der Waals surface area contributed by atoms with Gasteiger partial charge in [0, 0.05) is 0 Å². The third kappa shape index (κ3) is 2.53. The van der Waals surface area contributed by atoms with Crippen LogP contribution >= 0.6 is 0 Å². The lowest BCUT2D eigenvalue weighted by Crippen LogP contribution is -2.07. The van der Waals surface area contributed by atoms with Crippen LogP contribution in [-0.4, -0.2) is 0 Å². The quantitative estimate of drug-likeness (QED) is 0.640. The molecule has 0 saturated carbocycles. The molecule has 0 aliphatic rings. The Kier molecular flexibility index (Phi) is 3.11. The lowest BCUT2D eigenvalue weighted by molar-refractivity contribution is -0.138. The fraction of sp³-hybridized carbons (Fsp3) is 0.143. The van der Waals surface area contributed by atoms with E-state index in [9.17, 15) is 17.6 Å². The zero-order valence-corrected chi connectivity index (χ0v) is 9.55. The summed E-state index contributed by atoms with van der Waals surface area (Å²) in [6.07, 6.45) is -4.34. The Hall–Kier alpha value is -1.84. The predicted octanol–water partition coefficient (Wildman–Crippen LogP) is 4.82. The monoisotopic (exact) mass is 254 g/mol. The first-order valence-electron chi connectivity index (χ1n) is 5.32. The lowest BCUT2D eigenvalue weighted by atomic mass is 10.00. The lowest BCUT2D eigenvalue weighted by Gasteiger charge is -2.11. The molecule has 94 valence electrons. The summed E-state index contributed by atoms with van der Waals surface area (Å²) in [4.78, 5) is 0. The van der Waals surface area contributed by atoms with E-state index < -0.39 is 11.7 Å². The van der Waals surface area contributed by atoms with Crippen LogP contribution in [0.25, 0.3) is 11.1 Å². The Morgan fingerprint density at radius 2 is 1.39 bits per heavy atom. The molecule has 0 nitrogen and oxygen atoms in total. The van der Waals surface area contributed by atoms with Gasteiger partial charge in [0.2, 0.25) is 0 Å². The van der Waals surface area contributed by atoms with Crippen molar-refractivity contribution in [1.29, 1.82) is 0 Å². The molecule has 0 bridgehead atoms. The van der Waals surface area contributed by atoms with Crippen molar-refractivity contribution in [2.24, 2.45) is 0 Å². The number of aryl methyl sites for hydroxylation is 1. The summed E-state index contributed by atoms with van der Waals surface area (Å²) in [5.41, 5.74) is 0.839. The molecular weight excluding hydrogens is 244 g/mol. The Morgan fingerprint density at radius 3 is 1.89 bits per heavy atom. The van der Waals surface area contributed by atoms with Gasteiger partial charge in [0.05, 0.1) is 5.56 Å². The fourth-order valence-corrected chi connectivity index (χ4v) is 1.80. The summed E-state index contributed by atoms with van der Waals surface area (Å²) in [5, 5.41) is 0. The fourth-order valence-electron chi connectivity index (χ4n) is 1.80. The number of benzene rings is 2. The van der Waals surface area contributed by atoms with Crippen LogP contribution in [0.5, 0.6) is 0 Å². The van der Waals surface area contributed by atoms with E-state index >= 15 is 0 Å². The predicted molar refractivity (Wildman–Crippen MR) is 61.6 cm³/mol. The van der Waals surface area contributed by atoms with E-state index in [4.69, 9.17) is 0 Å². The highest BCUT2D eigenvalue weighted by Gasteiger charge is 2.32. The Bertz CT molecular complexity index is 553. The molecule has 0 amide bonds. The van der Waals surface area contributed by atoms with Gasteiger partial charge < -0.3 is 0 Å². The van der Waals surface area contributed by atoms with Crippen LogP contribution in [-0.2, 0) is 6.18 Å². The molecule has 0 saturated heterocycles. The van der Waals surface area contributed by atoms with Gasteiger partial charge >= 0.3 is 6.18 Å². The zero-order valence-electron chi connectivity index (χ0n) is 9.55. The molecule has 0 aliphatic heterocycles. The highest BCUT2D eigenvalue weighted by atomic mass is 19.4. The van der Waals surface area contributed by atoms with Gasteiger partial charge in [-0.25, -0.2) is 4.39 Å². The minimum atomic E-state index is -4.34. The normalized spacial score (nSPS) is 11.6. The molecular formula is C14H10F4. The molecule has 0 heterocycles. The maximum absolute atomic E-state index is 12.8. The largest absolute Gasteiger partial charge is 0.416 e. The molecule has 2 aromatic rings. The second-order valence-corrected chi connectivity index (χ2v) is 4.03. The van der Waals surface area contributed by atoms with Gasteiger partial charge in [-0.2, -0.15) is 13.2 Å². The second-order valence-electron chi connectivity index (χ2n) is 4.03. The van der Waals surface area contributed by atoms with Gasteiger partial charge in [-0.1, -0.05) is 24.3 Å². The van der Waals surface area contributed by atoms with Crippen molar-refractivity contribution in [3.63, 3.8) is 0 Å². The number of hydrogen-bond donors (Lipinski definition) is 0. The van der Waals surface area contributed by atoms with Gasteiger partial charge in [0.25, 0.3) is 0 Å². The van der Waals surface area contributed by atoms with E-state index in [-0.39, 0.29) is 11.4 Å². The molecule has 0 aliphatic carbocycles. The van der Waals surface area contributed by atoms with Crippen molar-refractivity contribution in [3.8, 4) is 11.1 Å². The van der Waals surface area contributed by atoms with E-state index in [0.717, 1.165) is 6.07 Å². The first kappa shape index (κ1) is 12.6. The molecule has 4 heteroatoms. The highest BCUT2D eigenvalue weighted by Crippen LogP contribution is 2.33. The summed E-state index contributed by atoms with van der Waals surface area (Å²) in [6, 6.07) is 9.53. The van der Waals surface area contributed by atoms with Crippen LogP contribution in [0, 0.1) is 12.7 Å². The molecule has 0 radical (unpaired) electrons. The molecule has 0 aromatic heterocycles. The molecule has 0 atom stereocenters. The second kappa shape index (κ2) is 4.44. The van der Waals surface area contributed by atoms with Crippen molar-refractivity contribution in [2.75, 3.05) is 0 Å². The standard InChI is InChI=1S/C14H10F4/c1-9-8-11(4-7-13(9)14(16,17)18)10-2-5-12(15)6-3-10/h2-8H,1H3. The van der Waals surface area contributed by atoms with Gasteiger partial charge in [-0.15, -0.1) is 0 Å². The topological polar surface area (TPSA) is 0 Å². The van der Waals surface area contributed by atoms with Crippen molar-refractivity contribution in [1.82, 2.24) is 0 Å². The van der Waals surface area contributed by atoms with E-state index in [0.29, 0.717) is 11.1 Å². The van der Waals surface area contributed by atoms with E-state index in [1.54, 1.807) is 0 Å². The van der Waals surface area contributed by atoms with Crippen LogP contribution in [0.3, 0.4) is 0 Å². The van der Waals surface area contributed by atoms with Crippen molar-refractivity contribution in [3.05, 3.63) is 59.4 Å². The molecule has 0 spiro atoms. The van der Waals surface area contributed by atoms with Crippen LogP contribution in [0.2, 0.25) is 0 Å². The average Bonchev–Trinajstić information content (AvgIpc) is 2.28. The first-order valence-corrected chi connectivity index (χ1v) is 5.32. The number of hydrogen-bond acceptors (Lipinski definition) is 0. The van der Waals surface area contributed by atoms with Crippen LogP contribution < -0.4 is 0 Å². The van der Waals surface area contributed by atoms with E-state index in [1.807, 2.05) is 0 Å². The van der Waals surface area contributed by atoms with Crippen LogP contribution in [0.15, 0.2) is 42.5 Å². The van der Waals surface area contributed by atoms with Gasteiger partial charge in [-0.3, -0.25) is 0 Å². The van der Waals surface area contributed by atoms with Crippen molar-refractivity contribution in [2.45, 2.75) is 13.1 Å². The van der Waals surface area contributed by atoms with Gasteiger partial charge in [-0.05, 0) is 41.8 Å². The first-order chi connectivity index (χ1) is 8.38. The summed E-state index contributed by atoms with van der Waals surface area (Å²) >= 11 is 0. The number of rotatable bonds is 1. The Morgan fingerprint density at radius 1 is 0.833 bits per heavy atom. The molecule has 18 heavy (non-hydrogen) atoms. The van der Waals surface area contributed by atoms with Gasteiger partial charge in [0.1, 0.15) is 5.82 Å².